The van der Waals surface area contributed by atoms with Crippen LogP contribution in [-0.4, -0.2) is 16.6 Å². The van der Waals surface area contributed by atoms with Gasteiger partial charge in [-0.2, -0.15) is 0 Å². The predicted octanol–water partition coefficient (Wildman–Crippen LogP) is 10.3. The number of aromatic hydroxyl groups is 1. The second-order valence-electron chi connectivity index (χ2n) is 14.0. The monoisotopic (exact) mass is 574 g/mol. The van der Waals surface area contributed by atoms with E-state index in [0.29, 0.717) is 11.2 Å². The number of benzene rings is 2. The minimum atomic E-state index is 0.440. The fourth-order valence-corrected chi connectivity index (χ4v) is 12.2. The topological polar surface area (TPSA) is 20.2 Å². The maximum Gasteiger partial charge on any atom is 0.116 e. The molecule has 0 radical (unpaired) electrons. The van der Waals surface area contributed by atoms with Gasteiger partial charge in [0, 0.05) is 11.5 Å². The molecule has 1 aliphatic heterocycles. The van der Waals surface area contributed by atoms with Crippen LogP contribution in [0.2, 0.25) is 0 Å². The third kappa shape index (κ3) is 6.51. The van der Waals surface area contributed by atoms with Gasteiger partial charge in [0.2, 0.25) is 0 Å². The van der Waals surface area contributed by atoms with Gasteiger partial charge in [0.25, 0.3) is 0 Å². The summed E-state index contributed by atoms with van der Waals surface area (Å²) in [6, 6.07) is 15.6. The first-order valence-corrected chi connectivity index (χ1v) is 18.8. The summed E-state index contributed by atoms with van der Waals surface area (Å²) >= 11 is 0. The molecule has 1 heterocycles. The smallest absolute Gasteiger partial charge is 0.116 e. The Kier molecular flexibility index (Phi) is 9.29. The largest absolute Gasteiger partial charge is 0.508 e. The molecule has 0 aromatic heterocycles. The molecular weight excluding hydrogens is 525 g/mol. The van der Waals surface area contributed by atoms with Crippen LogP contribution in [0.1, 0.15) is 93.9 Å². The number of phenols is 1. The van der Waals surface area contributed by atoms with Crippen molar-refractivity contribution in [3.63, 3.8) is 0 Å². The number of allylic oxidation sites excluding steroid dienone is 2. The zero-order valence-electron chi connectivity index (χ0n) is 24.8. The molecule has 0 unspecified atom stereocenters. The van der Waals surface area contributed by atoms with E-state index in [-0.39, 0.29) is 0 Å². The minimum absolute atomic E-state index is 0.440. The summed E-state index contributed by atoms with van der Waals surface area (Å²) < 4.78 is 0. The average molecular weight is 575 g/mol. The SMILES string of the molecule is CC[C@@H]1CCc2ccccc2Cc2cc(O)cc(c2)C[C@@H]2C[C@@H](CSSC1)C[C@H]1[C@H]2CCC[C@]12C=CC[C@H](C)C2. The van der Waals surface area contributed by atoms with Crippen LogP contribution in [0.25, 0.3) is 0 Å². The van der Waals surface area contributed by atoms with Gasteiger partial charge in [0.05, 0.1) is 0 Å². The van der Waals surface area contributed by atoms with E-state index in [9.17, 15) is 5.11 Å². The number of aryl methyl sites for hydroxylation is 1. The highest BCUT2D eigenvalue weighted by Gasteiger charge is 2.50. The molecule has 7 atom stereocenters. The van der Waals surface area contributed by atoms with Crippen molar-refractivity contribution in [3.05, 3.63) is 76.9 Å². The van der Waals surface area contributed by atoms with Gasteiger partial charge < -0.3 is 5.11 Å². The molecule has 40 heavy (non-hydrogen) atoms. The lowest BCUT2D eigenvalue weighted by Gasteiger charge is -2.55. The third-order valence-corrected chi connectivity index (χ3v) is 13.8. The van der Waals surface area contributed by atoms with Crippen molar-refractivity contribution in [1.29, 1.82) is 0 Å². The van der Waals surface area contributed by atoms with Crippen molar-refractivity contribution < 1.29 is 5.11 Å². The molecule has 3 aliphatic carbocycles. The first kappa shape index (κ1) is 28.8. The molecule has 2 saturated carbocycles. The standard InChI is InChI=1S/C37H50OS2/c1-3-27-12-13-31-9-4-5-10-32(31)17-28-16-29(21-34(38)20-28)18-33-19-30(25-40-39-24-27)22-36-35(33)11-7-15-37(36)14-6-8-26(2)23-37/h4-6,9-10,14,16,20-21,26-27,30,33,35-36,38H,3,7-8,11-13,15,17-19,22-25H2,1-2H3/t26-,27+,30+,33+,35-,36-,37-/m0/s1. The van der Waals surface area contributed by atoms with E-state index < -0.39 is 0 Å². The van der Waals surface area contributed by atoms with Gasteiger partial charge in [0.15, 0.2) is 0 Å². The molecule has 4 aliphatic rings. The Morgan fingerprint density at radius 3 is 2.65 bits per heavy atom. The minimum Gasteiger partial charge on any atom is -0.508 e. The van der Waals surface area contributed by atoms with Gasteiger partial charge in [-0.05, 0) is 140 Å². The van der Waals surface area contributed by atoms with E-state index in [0.717, 1.165) is 54.8 Å². The molecular formula is C37H50OS2. The molecule has 2 aromatic rings. The summed E-state index contributed by atoms with van der Waals surface area (Å²) in [6.45, 7) is 4.87. The summed E-state index contributed by atoms with van der Waals surface area (Å²) in [7, 11) is 4.35. The Hall–Kier alpha value is -1.32. The van der Waals surface area contributed by atoms with Crippen LogP contribution in [0, 0.1) is 40.9 Å². The normalized spacial score (nSPS) is 35.0. The molecule has 1 N–H and O–H groups in total. The highest BCUT2D eigenvalue weighted by atomic mass is 33.1. The zero-order chi connectivity index (χ0) is 27.5. The van der Waals surface area contributed by atoms with Gasteiger partial charge in [-0.15, -0.1) is 0 Å². The molecule has 3 heteroatoms. The van der Waals surface area contributed by atoms with Crippen LogP contribution < -0.4 is 0 Å². The summed E-state index contributed by atoms with van der Waals surface area (Å²) in [5.74, 6) is 7.87. The lowest BCUT2D eigenvalue weighted by atomic mass is 9.50. The maximum absolute atomic E-state index is 10.9. The zero-order valence-corrected chi connectivity index (χ0v) is 26.5. The summed E-state index contributed by atoms with van der Waals surface area (Å²) in [5.41, 5.74) is 6.01. The molecule has 1 nitrogen and oxygen atoms in total. The Labute approximate surface area is 251 Å². The molecule has 2 aromatic carbocycles. The van der Waals surface area contributed by atoms with Crippen molar-refractivity contribution in [2.45, 2.75) is 90.9 Å². The Morgan fingerprint density at radius 2 is 1.80 bits per heavy atom. The number of rotatable bonds is 1. The van der Waals surface area contributed by atoms with Crippen molar-refractivity contribution in [3.8, 4) is 5.75 Å². The Morgan fingerprint density at radius 1 is 0.975 bits per heavy atom. The second-order valence-corrected chi connectivity index (χ2v) is 16.5. The number of phenolic OH excluding ortho intramolecular Hbond substituents is 1. The summed E-state index contributed by atoms with van der Waals surface area (Å²) in [4.78, 5) is 0. The van der Waals surface area contributed by atoms with Gasteiger partial charge in [-0.1, -0.05) is 90.8 Å². The lowest BCUT2D eigenvalue weighted by Crippen LogP contribution is -2.47. The Balaban J connectivity index is 1.33. The lowest BCUT2D eigenvalue weighted by molar-refractivity contribution is -0.0224. The van der Waals surface area contributed by atoms with Gasteiger partial charge >= 0.3 is 0 Å². The molecule has 0 amide bonds. The van der Waals surface area contributed by atoms with Gasteiger partial charge in [0.1, 0.15) is 5.75 Å². The van der Waals surface area contributed by atoms with E-state index in [1.807, 2.05) is 6.07 Å². The molecule has 1 spiro atoms. The van der Waals surface area contributed by atoms with Crippen LogP contribution >= 0.6 is 21.6 Å². The van der Waals surface area contributed by atoms with Crippen LogP contribution in [0.15, 0.2) is 54.6 Å². The fourth-order valence-electron chi connectivity index (χ4n) is 9.19. The van der Waals surface area contributed by atoms with Gasteiger partial charge in [-0.3, -0.25) is 0 Å². The van der Waals surface area contributed by atoms with Crippen LogP contribution in [-0.2, 0) is 19.3 Å². The quantitative estimate of drug-likeness (QED) is 0.270. The molecule has 216 valence electrons. The summed E-state index contributed by atoms with van der Waals surface area (Å²) in [5, 5.41) is 10.9. The van der Waals surface area contributed by atoms with Crippen LogP contribution in [0.5, 0.6) is 5.75 Å². The van der Waals surface area contributed by atoms with Crippen LogP contribution in [0.3, 0.4) is 0 Å². The van der Waals surface area contributed by atoms with Crippen LogP contribution in [0.4, 0.5) is 0 Å². The molecule has 6 rings (SSSR count). The Bertz CT molecular complexity index is 1170. The van der Waals surface area contributed by atoms with Crippen molar-refractivity contribution in [2.24, 2.45) is 40.9 Å². The first-order chi connectivity index (χ1) is 19.5. The highest BCUT2D eigenvalue weighted by Crippen LogP contribution is 2.59. The first-order valence-electron chi connectivity index (χ1n) is 16.3. The summed E-state index contributed by atoms with van der Waals surface area (Å²) in [6.07, 6.45) is 20.7. The second kappa shape index (κ2) is 12.9. The van der Waals surface area contributed by atoms with E-state index in [2.05, 4.69) is 84.0 Å². The highest BCUT2D eigenvalue weighted by molar-refractivity contribution is 8.76. The van der Waals surface area contributed by atoms with Crippen molar-refractivity contribution >= 4 is 21.6 Å². The van der Waals surface area contributed by atoms with Gasteiger partial charge in [-0.25, -0.2) is 0 Å². The fraction of sp³-hybridized carbons (Fsp3) is 0.622. The molecule has 2 fully saturated rings. The van der Waals surface area contributed by atoms with E-state index in [1.165, 1.54) is 91.5 Å². The number of hydrogen-bond acceptors (Lipinski definition) is 3. The van der Waals surface area contributed by atoms with E-state index >= 15 is 0 Å². The maximum atomic E-state index is 10.9. The van der Waals surface area contributed by atoms with E-state index in [4.69, 9.17) is 0 Å². The van der Waals surface area contributed by atoms with E-state index in [1.54, 1.807) is 0 Å². The number of fused-ring (bicyclic) bond motifs is 8. The van der Waals surface area contributed by atoms with Crippen molar-refractivity contribution in [2.75, 3.05) is 11.5 Å². The molecule has 0 saturated heterocycles. The predicted molar refractivity (Wildman–Crippen MR) is 175 cm³/mol. The average Bonchev–Trinajstić information content (AvgIpc) is 2.93. The third-order valence-electron chi connectivity index (χ3n) is 11.1. The number of hydrogen-bond donors (Lipinski definition) is 1. The van der Waals surface area contributed by atoms with Crippen molar-refractivity contribution in [1.82, 2.24) is 0 Å². The molecule has 4 bridgehead atoms.